The van der Waals surface area contributed by atoms with Crippen molar-refractivity contribution in [3.63, 3.8) is 0 Å². The molecule has 1 heterocycles. The number of aliphatic carboxylic acids is 1. The van der Waals surface area contributed by atoms with E-state index < -0.39 is 10.7 Å². The van der Waals surface area contributed by atoms with Gasteiger partial charge < -0.3 is 5.11 Å². The molecule has 7 heteroatoms. The zero-order chi connectivity index (χ0) is 10.8. The minimum absolute atomic E-state index is 0.383. The largest absolute Gasteiger partial charge is 0.480 e. The van der Waals surface area contributed by atoms with Crippen LogP contribution in [0.25, 0.3) is 0 Å². The molecule has 1 aromatic heterocycles. The fraction of sp³-hybridized carbons (Fsp3) is 0.571. The second-order valence-electron chi connectivity index (χ2n) is 3.05. The lowest BCUT2D eigenvalue weighted by Gasteiger charge is -2.16. The van der Waals surface area contributed by atoms with Crippen molar-refractivity contribution in [2.45, 2.75) is 24.3 Å². The van der Waals surface area contributed by atoms with Gasteiger partial charge in [-0.1, -0.05) is 11.3 Å². The van der Waals surface area contributed by atoms with Crippen LogP contribution >= 0.6 is 34.7 Å². The summed E-state index contributed by atoms with van der Waals surface area (Å²) < 4.78 is -0.424. The van der Waals surface area contributed by atoms with Crippen molar-refractivity contribution in [2.24, 2.45) is 0 Å². The maximum Gasteiger partial charge on any atom is 0.319 e. The van der Waals surface area contributed by atoms with Crippen LogP contribution in [0.1, 0.15) is 18.9 Å². The molecule has 0 fully saturated rings. The first-order valence-corrected chi connectivity index (χ1v) is 5.95. The molecule has 0 saturated carbocycles. The van der Waals surface area contributed by atoms with Crippen LogP contribution in [0, 0.1) is 0 Å². The number of rotatable bonds is 4. The van der Waals surface area contributed by atoms with Gasteiger partial charge in [0, 0.05) is 5.75 Å². The van der Waals surface area contributed by atoms with Crippen LogP contribution in [0.5, 0.6) is 0 Å². The molecule has 0 aliphatic rings. The second-order valence-corrected chi connectivity index (χ2v) is 6.30. The predicted octanol–water partition coefficient (Wildman–Crippen LogP) is 2.29. The Kier molecular flexibility index (Phi) is 3.74. The Balaban J connectivity index is 2.52. The smallest absolute Gasteiger partial charge is 0.319 e. The van der Waals surface area contributed by atoms with Crippen LogP contribution in [0.2, 0.25) is 4.47 Å². The van der Waals surface area contributed by atoms with Gasteiger partial charge in [-0.2, -0.15) is 0 Å². The number of thioether (sulfide) groups is 1. The Morgan fingerprint density at radius 3 is 2.71 bits per heavy atom. The van der Waals surface area contributed by atoms with E-state index in [1.807, 2.05) is 0 Å². The van der Waals surface area contributed by atoms with Gasteiger partial charge in [-0.05, 0) is 25.4 Å². The van der Waals surface area contributed by atoms with Gasteiger partial charge in [0.15, 0.2) is 0 Å². The highest BCUT2D eigenvalue weighted by molar-refractivity contribution is 8.00. The molecule has 0 saturated heterocycles. The maximum atomic E-state index is 10.8. The lowest BCUT2D eigenvalue weighted by Crippen LogP contribution is -2.27. The first kappa shape index (κ1) is 11.7. The minimum atomic E-state index is -0.835. The number of carboxylic acids is 1. The molecule has 0 unspecified atom stereocenters. The molecular formula is C7H9ClN2O2S2. The summed E-state index contributed by atoms with van der Waals surface area (Å²) in [4.78, 5) is 10.8. The average molecular weight is 253 g/mol. The van der Waals surface area contributed by atoms with Crippen molar-refractivity contribution in [3.8, 4) is 0 Å². The summed E-state index contributed by atoms with van der Waals surface area (Å²) in [5, 5.41) is 17.0. The molecule has 0 aromatic carbocycles. The van der Waals surface area contributed by atoms with E-state index in [4.69, 9.17) is 16.7 Å². The Hall–Kier alpha value is -0.330. The minimum Gasteiger partial charge on any atom is -0.480 e. The molecule has 0 amide bonds. The molecule has 1 aromatic rings. The van der Waals surface area contributed by atoms with E-state index in [1.165, 1.54) is 23.1 Å². The van der Waals surface area contributed by atoms with Crippen LogP contribution in [-0.4, -0.2) is 26.0 Å². The molecule has 0 atom stereocenters. The van der Waals surface area contributed by atoms with Crippen molar-refractivity contribution in [2.75, 3.05) is 0 Å². The number of hydrogen-bond donors (Lipinski definition) is 1. The Labute approximate surface area is 94.7 Å². The first-order valence-electron chi connectivity index (χ1n) is 3.77. The van der Waals surface area contributed by atoms with Crippen molar-refractivity contribution < 1.29 is 9.90 Å². The standard InChI is InChI=1S/C7H9ClN2O2S2/c1-7(2,5(11)12)13-3-4-9-10-6(8)14-4/h3H2,1-2H3,(H,11,12). The van der Waals surface area contributed by atoms with Gasteiger partial charge >= 0.3 is 5.97 Å². The number of carboxylic acid groups (broad SMARTS) is 1. The molecule has 0 aliphatic carbocycles. The highest BCUT2D eigenvalue weighted by Gasteiger charge is 2.27. The Morgan fingerprint density at radius 1 is 1.64 bits per heavy atom. The summed E-state index contributed by atoms with van der Waals surface area (Å²) in [5.74, 6) is -0.318. The fourth-order valence-electron chi connectivity index (χ4n) is 0.595. The third-order valence-corrected chi connectivity index (χ3v) is 4.03. The summed E-state index contributed by atoms with van der Waals surface area (Å²) in [6, 6.07) is 0. The first-order chi connectivity index (χ1) is 6.42. The summed E-state index contributed by atoms with van der Waals surface area (Å²) >= 11 is 8.16. The average Bonchev–Trinajstić information content (AvgIpc) is 2.48. The van der Waals surface area contributed by atoms with Crippen LogP contribution in [0.4, 0.5) is 0 Å². The maximum absolute atomic E-state index is 10.8. The molecule has 0 spiro atoms. The normalized spacial score (nSPS) is 11.6. The van der Waals surface area contributed by atoms with Crippen LogP contribution in [0.3, 0.4) is 0 Å². The van der Waals surface area contributed by atoms with Gasteiger partial charge in [0.1, 0.15) is 9.75 Å². The zero-order valence-corrected chi connectivity index (χ0v) is 10.0. The van der Waals surface area contributed by atoms with Crippen LogP contribution in [0.15, 0.2) is 0 Å². The fourth-order valence-corrected chi connectivity index (χ4v) is 2.34. The monoisotopic (exact) mass is 252 g/mol. The van der Waals surface area contributed by atoms with Gasteiger partial charge in [0.25, 0.3) is 0 Å². The number of hydrogen-bond acceptors (Lipinski definition) is 5. The number of aromatic nitrogens is 2. The Bertz CT molecular complexity index is 340. The lowest BCUT2D eigenvalue weighted by molar-refractivity contribution is -0.138. The van der Waals surface area contributed by atoms with E-state index in [2.05, 4.69) is 10.2 Å². The van der Waals surface area contributed by atoms with Gasteiger partial charge in [-0.15, -0.1) is 22.0 Å². The van der Waals surface area contributed by atoms with Gasteiger partial charge in [0.2, 0.25) is 4.47 Å². The summed E-state index contributed by atoms with van der Waals surface area (Å²) in [5.41, 5.74) is 0. The van der Waals surface area contributed by atoms with Crippen molar-refractivity contribution in [3.05, 3.63) is 9.47 Å². The third-order valence-electron chi connectivity index (χ3n) is 1.51. The molecule has 4 nitrogen and oxygen atoms in total. The number of carbonyl (C=O) groups is 1. The number of nitrogens with zero attached hydrogens (tertiary/aromatic N) is 2. The third kappa shape index (κ3) is 3.11. The molecule has 78 valence electrons. The van der Waals surface area contributed by atoms with Gasteiger partial charge in [-0.25, -0.2) is 0 Å². The van der Waals surface area contributed by atoms with Crippen LogP contribution in [-0.2, 0) is 10.5 Å². The second kappa shape index (κ2) is 4.46. The van der Waals surface area contributed by atoms with Crippen molar-refractivity contribution in [1.29, 1.82) is 0 Å². The molecule has 0 bridgehead atoms. The molecular weight excluding hydrogens is 244 g/mol. The summed E-state index contributed by atoms with van der Waals surface area (Å²) in [6.07, 6.45) is 0. The van der Waals surface area contributed by atoms with E-state index in [9.17, 15) is 4.79 Å². The molecule has 0 radical (unpaired) electrons. The van der Waals surface area contributed by atoms with Gasteiger partial charge in [-0.3, -0.25) is 4.79 Å². The van der Waals surface area contributed by atoms with E-state index in [0.717, 1.165) is 5.01 Å². The summed E-state index contributed by atoms with van der Waals surface area (Å²) in [7, 11) is 0. The highest BCUT2D eigenvalue weighted by atomic mass is 35.5. The van der Waals surface area contributed by atoms with E-state index in [-0.39, 0.29) is 0 Å². The van der Waals surface area contributed by atoms with Crippen LogP contribution < -0.4 is 0 Å². The van der Waals surface area contributed by atoms with Gasteiger partial charge in [0.05, 0.1) is 0 Å². The molecule has 1 rings (SSSR count). The zero-order valence-electron chi connectivity index (χ0n) is 7.65. The molecule has 0 aliphatic heterocycles. The van der Waals surface area contributed by atoms with Crippen molar-refractivity contribution in [1.82, 2.24) is 10.2 Å². The Morgan fingerprint density at radius 2 is 2.29 bits per heavy atom. The van der Waals surface area contributed by atoms with Crippen molar-refractivity contribution >= 4 is 40.7 Å². The summed E-state index contributed by atoms with van der Waals surface area (Å²) in [6.45, 7) is 3.31. The van der Waals surface area contributed by atoms with E-state index >= 15 is 0 Å². The topological polar surface area (TPSA) is 63.1 Å². The van der Waals surface area contributed by atoms with E-state index in [0.29, 0.717) is 10.2 Å². The highest BCUT2D eigenvalue weighted by Crippen LogP contribution is 2.29. The SMILES string of the molecule is CC(C)(SCc1nnc(Cl)s1)C(=O)O. The molecule has 14 heavy (non-hydrogen) atoms. The van der Waals surface area contributed by atoms with E-state index in [1.54, 1.807) is 13.8 Å². The lowest BCUT2D eigenvalue weighted by atomic mass is 10.2. The predicted molar refractivity (Wildman–Crippen MR) is 57.9 cm³/mol. The number of halogens is 1. The quantitative estimate of drug-likeness (QED) is 0.891. The molecule has 1 N–H and O–H groups in total.